The largest absolute Gasteiger partial charge is 0.497 e. The van der Waals surface area contributed by atoms with E-state index in [1.54, 1.807) is 12.0 Å². The van der Waals surface area contributed by atoms with Gasteiger partial charge < -0.3 is 9.47 Å². The second-order valence-electron chi connectivity index (χ2n) is 5.32. The Hall–Kier alpha value is -1.75. The van der Waals surface area contributed by atoms with Gasteiger partial charge in [0.15, 0.2) is 0 Å². The molecule has 0 aliphatic carbocycles. The maximum Gasteiger partial charge on any atom is 0.414 e. The Bertz CT molecular complexity index is 469. The van der Waals surface area contributed by atoms with Crippen LogP contribution in [0.4, 0.5) is 10.5 Å². The molecule has 1 aromatic rings. The molecule has 5 heteroatoms. The first-order chi connectivity index (χ1) is 9.76. The van der Waals surface area contributed by atoms with Crippen LogP contribution in [0.25, 0.3) is 0 Å². The van der Waals surface area contributed by atoms with Crippen molar-refractivity contribution in [2.24, 2.45) is 0 Å². The zero-order valence-corrected chi connectivity index (χ0v) is 11.7. The quantitative estimate of drug-likeness (QED) is 0.844. The van der Waals surface area contributed by atoms with E-state index < -0.39 is 0 Å². The van der Waals surface area contributed by atoms with E-state index in [2.05, 4.69) is 4.90 Å². The molecule has 108 valence electrons. The van der Waals surface area contributed by atoms with Gasteiger partial charge >= 0.3 is 6.09 Å². The highest BCUT2D eigenvalue weighted by Crippen LogP contribution is 2.24. The number of rotatable bonds is 4. The lowest BCUT2D eigenvalue weighted by molar-refractivity contribution is 0.116. The highest BCUT2D eigenvalue weighted by molar-refractivity contribution is 5.89. The van der Waals surface area contributed by atoms with E-state index in [1.807, 2.05) is 24.3 Å². The highest BCUT2D eigenvalue weighted by atomic mass is 16.6. The van der Waals surface area contributed by atoms with Crippen molar-refractivity contribution in [2.45, 2.75) is 18.9 Å². The van der Waals surface area contributed by atoms with Gasteiger partial charge in [-0.3, -0.25) is 9.80 Å². The van der Waals surface area contributed by atoms with E-state index in [4.69, 9.17) is 9.47 Å². The Kier molecular flexibility index (Phi) is 3.78. The molecule has 0 N–H and O–H groups in total. The fourth-order valence-electron chi connectivity index (χ4n) is 2.84. The van der Waals surface area contributed by atoms with E-state index in [9.17, 15) is 4.79 Å². The summed E-state index contributed by atoms with van der Waals surface area (Å²) in [5.41, 5.74) is 0.861. The van der Waals surface area contributed by atoms with Crippen molar-refractivity contribution in [1.82, 2.24) is 4.90 Å². The Morgan fingerprint density at radius 2 is 1.95 bits per heavy atom. The zero-order valence-electron chi connectivity index (χ0n) is 11.7. The van der Waals surface area contributed by atoms with Crippen molar-refractivity contribution in [3.05, 3.63) is 24.3 Å². The number of carbonyl (C=O) groups is 1. The molecule has 0 aromatic heterocycles. The number of nitrogens with zero attached hydrogens (tertiary/aromatic N) is 2. The SMILES string of the molecule is COc1ccc(N2CC(CN3CCCC3)OC2=O)cc1. The van der Waals surface area contributed by atoms with Crippen LogP contribution in [0.5, 0.6) is 5.75 Å². The maximum absolute atomic E-state index is 12.0. The van der Waals surface area contributed by atoms with Gasteiger partial charge in [-0.1, -0.05) is 0 Å². The number of hydrogen-bond donors (Lipinski definition) is 0. The fourth-order valence-corrected chi connectivity index (χ4v) is 2.84. The molecule has 0 radical (unpaired) electrons. The molecule has 1 atom stereocenters. The van der Waals surface area contributed by atoms with Crippen molar-refractivity contribution >= 4 is 11.8 Å². The molecule has 3 rings (SSSR count). The van der Waals surface area contributed by atoms with Gasteiger partial charge in [-0.05, 0) is 50.2 Å². The molecule has 1 aromatic carbocycles. The second kappa shape index (κ2) is 5.71. The average Bonchev–Trinajstić information content (AvgIpc) is 3.09. The highest BCUT2D eigenvalue weighted by Gasteiger charge is 2.33. The normalized spacial score (nSPS) is 23.1. The molecule has 5 nitrogen and oxygen atoms in total. The number of methoxy groups -OCH3 is 1. The van der Waals surface area contributed by atoms with Crippen LogP contribution in [0.15, 0.2) is 24.3 Å². The number of carbonyl (C=O) groups excluding carboxylic acids is 1. The smallest absolute Gasteiger partial charge is 0.414 e. The molecule has 1 amide bonds. The molecule has 2 aliphatic heterocycles. The third-order valence-electron chi connectivity index (χ3n) is 3.92. The molecule has 0 bridgehead atoms. The van der Waals surface area contributed by atoms with Gasteiger partial charge in [-0.2, -0.15) is 0 Å². The van der Waals surface area contributed by atoms with Crippen LogP contribution in [0.2, 0.25) is 0 Å². The Morgan fingerprint density at radius 1 is 1.25 bits per heavy atom. The Morgan fingerprint density at radius 3 is 2.60 bits per heavy atom. The lowest BCUT2D eigenvalue weighted by Crippen LogP contribution is -2.33. The van der Waals surface area contributed by atoms with Crippen molar-refractivity contribution in [3.8, 4) is 5.75 Å². The standard InChI is InChI=1S/C15H20N2O3/c1-19-13-6-4-12(5-7-13)17-11-14(20-15(17)18)10-16-8-2-3-9-16/h4-7,14H,2-3,8-11H2,1H3. The Balaban J connectivity index is 1.63. The first-order valence-electron chi connectivity index (χ1n) is 7.11. The number of cyclic esters (lactones) is 1. The number of hydrogen-bond acceptors (Lipinski definition) is 4. The van der Waals surface area contributed by atoms with E-state index in [-0.39, 0.29) is 12.2 Å². The second-order valence-corrected chi connectivity index (χ2v) is 5.32. The van der Waals surface area contributed by atoms with Gasteiger partial charge in [0, 0.05) is 12.2 Å². The molecule has 1 unspecified atom stereocenters. The first-order valence-corrected chi connectivity index (χ1v) is 7.11. The Labute approximate surface area is 119 Å². The lowest BCUT2D eigenvalue weighted by Gasteiger charge is -2.18. The third kappa shape index (κ3) is 2.72. The van der Waals surface area contributed by atoms with Crippen LogP contribution in [-0.4, -0.2) is 50.4 Å². The van der Waals surface area contributed by atoms with Crippen molar-refractivity contribution in [1.29, 1.82) is 0 Å². The van der Waals surface area contributed by atoms with Crippen molar-refractivity contribution in [2.75, 3.05) is 38.2 Å². The molecule has 2 fully saturated rings. The molecular formula is C15H20N2O3. The van der Waals surface area contributed by atoms with Gasteiger partial charge in [0.05, 0.1) is 13.7 Å². The molecule has 0 spiro atoms. The summed E-state index contributed by atoms with van der Waals surface area (Å²) < 4.78 is 10.6. The summed E-state index contributed by atoms with van der Waals surface area (Å²) >= 11 is 0. The number of ether oxygens (including phenoxy) is 2. The molecule has 2 saturated heterocycles. The zero-order chi connectivity index (χ0) is 13.9. The minimum Gasteiger partial charge on any atom is -0.497 e. The van der Waals surface area contributed by atoms with Crippen LogP contribution in [0.1, 0.15) is 12.8 Å². The molecule has 2 aliphatic rings. The maximum atomic E-state index is 12.0. The molecular weight excluding hydrogens is 256 g/mol. The summed E-state index contributed by atoms with van der Waals surface area (Å²) in [6, 6.07) is 7.49. The predicted molar refractivity (Wildman–Crippen MR) is 76.3 cm³/mol. The fraction of sp³-hybridized carbons (Fsp3) is 0.533. The summed E-state index contributed by atoms with van der Waals surface area (Å²) in [6.07, 6.45) is 2.23. The summed E-state index contributed by atoms with van der Waals surface area (Å²) in [5, 5.41) is 0. The molecule has 2 heterocycles. The van der Waals surface area contributed by atoms with Gasteiger partial charge in [0.1, 0.15) is 11.9 Å². The summed E-state index contributed by atoms with van der Waals surface area (Å²) in [7, 11) is 1.63. The summed E-state index contributed by atoms with van der Waals surface area (Å²) in [5.74, 6) is 0.787. The molecule has 0 saturated carbocycles. The summed E-state index contributed by atoms with van der Waals surface area (Å²) in [4.78, 5) is 16.0. The summed E-state index contributed by atoms with van der Waals surface area (Å²) in [6.45, 7) is 3.72. The predicted octanol–water partition coefficient (Wildman–Crippen LogP) is 2.12. The minimum atomic E-state index is -0.251. The van der Waals surface area contributed by atoms with Gasteiger partial charge in [0.2, 0.25) is 0 Å². The minimum absolute atomic E-state index is 0.0253. The van der Waals surface area contributed by atoms with Crippen LogP contribution >= 0.6 is 0 Å². The van der Waals surface area contributed by atoms with Crippen LogP contribution in [0.3, 0.4) is 0 Å². The van der Waals surface area contributed by atoms with Crippen LogP contribution in [0, 0.1) is 0 Å². The van der Waals surface area contributed by atoms with E-state index in [0.29, 0.717) is 6.54 Å². The number of amides is 1. The first kappa shape index (κ1) is 13.2. The third-order valence-corrected chi connectivity index (χ3v) is 3.92. The lowest BCUT2D eigenvalue weighted by atomic mass is 10.2. The molecule has 20 heavy (non-hydrogen) atoms. The monoisotopic (exact) mass is 276 g/mol. The number of anilines is 1. The van der Waals surface area contributed by atoms with Crippen molar-refractivity contribution < 1.29 is 14.3 Å². The van der Waals surface area contributed by atoms with E-state index in [1.165, 1.54) is 12.8 Å². The van der Waals surface area contributed by atoms with Crippen LogP contribution in [-0.2, 0) is 4.74 Å². The van der Waals surface area contributed by atoms with E-state index >= 15 is 0 Å². The van der Waals surface area contributed by atoms with Gasteiger partial charge in [0.25, 0.3) is 0 Å². The topological polar surface area (TPSA) is 42.0 Å². The van der Waals surface area contributed by atoms with Crippen molar-refractivity contribution in [3.63, 3.8) is 0 Å². The number of likely N-dealkylation sites (tertiary alicyclic amines) is 1. The van der Waals surface area contributed by atoms with Gasteiger partial charge in [-0.15, -0.1) is 0 Å². The average molecular weight is 276 g/mol. The van der Waals surface area contributed by atoms with Gasteiger partial charge in [-0.25, -0.2) is 4.79 Å². The van der Waals surface area contributed by atoms with E-state index in [0.717, 1.165) is 31.1 Å². The van der Waals surface area contributed by atoms with Crippen LogP contribution < -0.4 is 9.64 Å². The number of benzene rings is 1.